The molecule has 7 heteroatoms. The minimum atomic E-state index is -0.746. The molecule has 0 rings (SSSR count). The Kier molecular flexibility index (Phi) is 16.9. The number of Topliss-reactive ketones (excluding diaryl/α,β-unsaturated/α-hetero) is 2. The highest BCUT2D eigenvalue weighted by Gasteiger charge is 2.49. The third-order valence-electron chi connectivity index (χ3n) is 11.0. The van der Waals surface area contributed by atoms with Gasteiger partial charge in [0.2, 0.25) is 0 Å². The smallest absolute Gasteiger partial charge is 0.296 e. The molecule has 0 aliphatic carbocycles. The fourth-order valence-electron chi connectivity index (χ4n) is 6.54. The zero-order chi connectivity index (χ0) is 32.2. The molecule has 0 saturated heterocycles. The number of carbonyl (C=O) groups excluding carboxylic acids is 3. The van der Waals surface area contributed by atoms with Crippen LogP contribution < -0.4 is 10.5 Å². The van der Waals surface area contributed by atoms with Crippen molar-refractivity contribution in [3.8, 4) is 0 Å². The predicted molar refractivity (Wildman–Crippen MR) is 176 cm³/mol. The summed E-state index contributed by atoms with van der Waals surface area (Å²) >= 11 is 0. The zero-order valence-corrected chi connectivity index (χ0v) is 29.6. The second-order valence-corrected chi connectivity index (χ2v) is 13.7. The Morgan fingerprint density at radius 2 is 1.39 bits per heavy atom. The molecule has 0 aliphatic heterocycles. The van der Waals surface area contributed by atoms with Gasteiger partial charge in [-0.3, -0.25) is 9.59 Å². The second kappa shape index (κ2) is 17.3. The molecule has 0 spiro atoms. The molecule has 1 radical (unpaired) electrons. The third-order valence-corrected chi connectivity index (χ3v) is 11.0. The minimum absolute atomic E-state index is 0.0146. The van der Waals surface area contributed by atoms with Crippen LogP contribution in [0.3, 0.4) is 0 Å². The lowest BCUT2D eigenvalue weighted by Gasteiger charge is -2.49. The molecule has 239 valence electrons. The Balaban J connectivity index is 5.94. The van der Waals surface area contributed by atoms with E-state index in [1.165, 1.54) is 0 Å². The van der Waals surface area contributed by atoms with E-state index in [1.54, 1.807) is 14.3 Å². The van der Waals surface area contributed by atoms with Crippen LogP contribution >= 0.6 is 0 Å². The molecule has 0 aromatic heterocycles. The number of hydrogen-bond donors (Lipinski definition) is 2. The van der Waals surface area contributed by atoms with E-state index in [4.69, 9.17) is 0 Å². The van der Waals surface area contributed by atoms with Crippen LogP contribution in [0.2, 0.25) is 0 Å². The van der Waals surface area contributed by atoms with Crippen molar-refractivity contribution in [2.75, 3.05) is 20.1 Å². The summed E-state index contributed by atoms with van der Waals surface area (Å²) < 4.78 is 0. The molecule has 6 nitrogen and oxygen atoms in total. The van der Waals surface area contributed by atoms with Gasteiger partial charge in [-0.25, -0.2) is 0 Å². The number of carbonyl (C=O) groups is 3. The number of nitrogens with zero attached hydrogens (tertiary/aromatic N) is 1. The highest BCUT2D eigenvalue weighted by Crippen LogP contribution is 2.41. The third kappa shape index (κ3) is 9.73. The quantitative estimate of drug-likeness (QED) is 0.130. The average Bonchev–Trinajstić information content (AvgIpc) is 2.94. The van der Waals surface area contributed by atoms with Crippen LogP contribution in [0.15, 0.2) is 0 Å². The van der Waals surface area contributed by atoms with Crippen molar-refractivity contribution in [2.45, 2.75) is 158 Å². The van der Waals surface area contributed by atoms with Gasteiger partial charge >= 0.3 is 0 Å². The van der Waals surface area contributed by atoms with Crippen LogP contribution in [-0.4, -0.2) is 66.8 Å². The van der Waals surface area contributed by atoms with Gasteiger partial charge in [-0.1, -0.05) is 75.7 Å². The van der Waals surface area contributed by atoms with E-state index in [-0.39, 0.29) is 34.8 Å². The first kappa shape index (κ1) is 40.0. The first-order valence-electron chi connectivity index (χ1n) is 16.6. The number of rotatable bonds is 23. The summed E-state index contributed by atoms with van der Waals surface area (Å²) in [6.07, 6.45) is 6.79. The fourth-order valence-corrected chi connectivity index (χ4v) is 6.54. The maximum absolute atomic E-state index is 13.8. The number of ketones is 2. The van der Waals surface area contributed by atoms with Crippen molar-refractivity contribution in [2.24, 2.45) is 22.7 Å². The van der Waals surface area contributed by atoms with Gasteiger partial charge in [0.05, 0.1) is 5.54 Å². The first-order valence-corrected chi connectivity index (χ1v) is 16.6. The van der Waals surface area contributed by atoms with Crippen LogP contribution in [0.1, 0.15) is 141 Å². The number of hydrogen-bond acceptors (Lipinski definition) is 6. The Bertz CT molecular complexity index is 824. The molecule has 0 saturated carbocycles. The summed E-state index contributed by atoms with van der Waals surface area (Å²) in [5, 5.41) is 7.04. The van der Waals surface area contributed by atoms with Gasteiger partial charge in [0.25, 0.3) is 7.41 Å². The average molecular weight is 577 g/mol. The van der Waals surface area contributed by atoms with Crippen molar-refractivity contribution in [3.63, 3.8) is 0 Å². The molecule has 0 aromatic rings. The Hall–Kier alpha value is -1.05. The Morgan fingerprint density at radius 1 is 0.854 bits per heavy atom. The highest BCUT2D eigenvalue weighted by atomic mass is 16.1. The largest absolute Gasteiger partial charge is 0.342 e. The van der Waals surface area contributed by atoms with Gasteiger partial charge in [-0.2, -0.15) is 0 Å². The maximum atomic E-state index is 13.8. The molecule has 0 heterocycles. The monoisotopic (exact) mass is 577 g/mol. The molecule has 0 fully saturated rings. The minimum Gasteiger partial charge on any atom is -0.342 e. The molecule has 0 aromatic carbocycles. The normalized spacial score (nSPS) is 17.2. The standard InChI is InChI=1S/C34H67BN3O3/c1-15-22-31(10,11)28(29(40)27(16-2)17-3)24-38(14)25(8)23-36-34(20-6,21-7)32(12,18-4)30(41)35-37-33(13,19-5)26(9)39/h25,27-28,36-37H,15-24H2,1-14H3. The SMILES string of the molecule is CCCC(C)(C)C(CN(C)C(C)CNC(CC)(CC)C(C)(CC)C(=O)[B]NC(C)(CC)C(C)=O)C(=O)C(CC)CC. The summed E-state index contributed by atoms with van der Waals surface area (Å²) in [5.74, 6) is 0.537. The van der Waals surface area contributed by atoms with Crippen LogP contribution in [0.25, 0.3) is 0 Å². The summed E-state index contributed by atoms with van der Waals surface area (Å²) in [4.78, 5) is 42.1. The van der Waals surface area contributed by atoms with Gasteiger partial charge in [0.1, 0.15) is 17.2 Å². The van der Waals surface area contributed by atoms with E-state index in [9.17, 15) is 14.4 Å². The maximum Gasteiger partial charge on any atom is 0.296 e. The summed E-state index contributed by atoms with van der Waals surface area (Å²) in [5.41, 5.74) is -1.84. The first-order chi connectivity index (χ1) is 19.0. The molecule has 0 amide bonds. The van der Waals surface area contributed by atoms with Crippen LogP contribution in [0.5, 0.6) is 0 Å². The van der Waals surface area contributed by atoms with Gasteiger partial charge in [-0.15, -0.1) is 0 Å². The number of nitrogens with one attached hydrogen (secondary N) is 2. The van der Waals surface area contributed by atoms with E-state index >= 15 is 0 Å². The lowest BCUT2D eigenvalue weighted by atomic mass is 9.56. The number of likely N-dealkylation sites (N-methyl/N-ethyl adjacent to an activating group) is 1. The van der Waals surface area contributed by atoms with Crippen molar-refractivity contribution in [1.82, 2.24) is 15.4 Å². The summed E-state index contributed by atoms with van der Waals surface area (Å²) in [6.45, 7) is 28.5. The molecule has 4 atom stereocenters. The fraction of sp³-hybridized carbons (Fsp3) is 0.912. The van der Waals surface area contributed by atoms with Gasteiger partial charge in [-0.05, 0) is 78.2 Å². The van der Waals surface area contributed by atoms with Gasteiger partial charge in [0, 0.05) is 41.9 Å². The Morgan fingerprint density at radius 3 is 1.78 bits per heavy atom. The van der Waals surface area contributed by atoms with Crippen molar-refractivity contribution < 1.29 is 14.4 Å². The molecular weight excluding hydrogens is 509 g/mol. The van der Waals surface area contributed by atoms with Crippen LogP contribution in [0, 0.1) is 22.7 Å². The summed E-state index contributed by atoms with van der Waals surface area (Å²) in [7, 11) is 3.69. The predicted octanol–water partition coefficient (Wildman–Crippen LogP) is 6.81. The topological polar surface area (TPSA) is 78.5 Å². The van der Waals surface area contributed by atoms with Gasteiger partial charge < -0.3 is 20.2 Å². The van der Waals surface area contributed by atoms with E-state index in [0.29, 0.717) is 25.2 Å². The van der Waals surface area contributed by atoms with Crippen LogP contribution in [0.4, 0.5) is 0 Å². The van der Waals surface area contributed by atoms with Gasteiger partial charge in [0.15, 0.2) is 0 Å². The molecule has 0 aliphatic rings. The highest BCUT2D eigenvalue weighted by molar-refractivity contribution is 6.73. The van der Waals surface area contributed by atoms with E-state index in [1.807, 2.05) is 13.8 Å². The lowest BCUT2D eigenvalue weighted by molar-refractivity contribution is -0.132. The molecule has 2 N–H and O–H groups in total. The lowest BCUT2D eigenvalue weighted by Crippen LogP contribution is -2.64. The van der Waals surface area contributed by atoms with Crippen LogP contribution in [-0.2, 0) is 14.4 Å². The molecular formula is C34H67BN3O3. The van der Waals surface area contributed by atoms with Crippen molar-refractivity contribution in [1.29, 1.82) is 0 Å². The summed E-state index contributed by atoms with van der Waals surface area (Å²) in [6, 6.07) is 0.182. The zero-order valence-electron chi connectivity index (χ0n) is 29.6. The van der Waals surface area contributed by atoms with Crippen molar-refractivity contribution >= 4 is 24.7 Å². The van der Waals surface area contributed by atoms with E-state index in [2.05, 4.69) is 91.7 Å². The van der Waals surface area contributed by atoms with E-state index in [0.717, 1.165) is 45.1 Å². The molecule has 4 unspecified atom stereocenters. The Labute approximate surface area is 255 Å². The van der Waals surface area contributed by atoms with Crippen molar-refractivity contribution in [3.05, 3.63) is 0 Å². The molecule has 0 bridgehead atoms. The second-order valence-electron chi connectivity index (χ2n) is 13.7. The molecule has 41 heavy (non-hydrogen) atoms. The van der Waals surface area contributed by atoms with E-state index < -0.39 is 16.5 Å².